The number of nitrogens with zero attached hydrogens (tertiary/aromatic N) is 5. The number of ether oxygens (including phenoxy) is 1. The summed E-state index contributed by atoms with van der Waals surface area (Å²) in [5.41, 5.74) is 5.26. The number of aromatic nitrogens is 5. The van der Waals surface area contributed by atoms with Gasteiger partial charge in [-0.3, -0.25) is 14.4 Å². The number of para-hydroxylation sites is 1. The molecule has 4 heterocycles. The molecule has 1 saturated heterocycles. The van der Waals surface area contributed by atoms with Gasteiger partial charge in [0.1, 0.15) is 11.9 Å². The van der Waals surface area contributed by atoms with Crippen molar-refractivity contribution in [2.45, 2.75) is 26.4 Å². The van der Waals surface area contributed by atoms with Crippen molar-refractivity contribution in [3.05, 3.63) is 77.2 Å². The van der Waals surface area contributed by atoms with Crippen molar-refractivity contribution in [1.82, 2.24) is 29.6 Å². The number of carbonyl (C=O) groups is 1. The van der Waals surface area contributed by atoms with Gasteiger partial charge >= 0.3 is 0 Å². The van der Waals surface area contributed by atoms with Crippen LogP contribution in [0, 0.1) is 13.8 Å². The molecule has 1 atom stereocenters. The number of likely N-dealkylation sites (tertiary alicyclic amines) is 1. The van der Waals surface area contributed by atoms with E-state index in [0.29, 0.717) is 23.3 Å². The molecule has 11 heteroatoms. The molecule has 2 aromatic carbocycles. The molecule has 1 aliphatic rings. The SMILES string of the molecule is Cc1cnc(Nc2cc(C)n(C)n2)nc1-c1c[nH]c2c(NC(=O)CN3CC[C@H](Oc4ccc(Cl)cc4)C3)cccc12. The van der Waals surface area contributed by atoms with Crippen LogP contribution in [0.3, 0.4) is 0 Å². The molecule has 1 amide bonds. The zero-order valence-corrected chi connectivity index (χ0v) is 23.9. The van der Waals surface area contributed by atoms with Gasteiger partial charge in [-0.25, -0.2) is 9.97 Å². The molecule has 5 aromatic rings. The second-order valence-corrected chi connectivity index (χ2v) is 10.8. The molecule has 0 bridgehead atoms. The number of nitrogens with one attached hydrogen (secondary N) is 3. The van der Waals surface area contributed by atoms with Crippen LogP contribution in [0.25, 0.3) is 22.2 Å². The van der Waals surface area contributed by atoms with Crippen molar-refractivity contribution in [2.75, 3.05) is 30.3 Å². The van der Waals surface area contributed by atoms with Crippen LogP contribution < -0.4 is 15.4 Å². The van der Waals surface area contributed by atoms with E-state index in [-0.39, 0.29) is 18.6 Å². The lowest BCUT2D eigenvalue weighted by molar-refractivity contribution is -0.117. The maximum Gasteiger partial charge on any atom is 0.238 e. The molecule has 1 aliphatic heterocycles. The van der Waals surface area contributed by atoms with Gasteiger partial charge in [-0.05, 0) is 56.2 Å². The molecular weight excluding hydrogens is 540 g/mol. The molecule has 210 valence electrons. The Labute approximate surface area is 242 Å². The van der Waals surface area contributed by atoms with E-state index < -0.39 is 0 Å². The molecule has 0 radical (unpaired) electrons. The molecule has 41 heavy (non-hydrogen) atoms. The summed E-state index contributed by atoms with van der Waals surface area (Å²) in [6.45, 7) is 5.74. The van der Waals surface area contributed by atoms with E-state index in [1.54, 1.807) is 10.9 Å². The molecule has 6 rings (SSSR count). The number of anilines is 3. The summed E-state index contributed by atoms with van der Waals surface area (Å²) in [5, 5.41) is 12.4. The molecule has 0 spiro atoms. The average molecular weight is 571 g/mol. The minimum Gasteiger partial charge on any atom is -0.489 e. The topological polar surface area (TPSA) is 113 Å². The fourth-order valence-electron chi connectivity index (χ4n) is 5.10. The normalized spacial score (nSPS) is 15.4. The second-order valence-electron chi connectivity index (χ2n) is 10.3. The third-order valence-electron chi connectivity index (χ3n) is 7.28. The van der Waals surface area contributed by atoms with Crippen molar-refractivity contribution in [1.29, 1.82) is 0 Å². The molecule has 0 saturated carbocycles. The van der Waals surface area contributed by atoms with Crippen LogP contribution in [-0.4, -0.2) is 61.3 Å². The largest absolute Gasteiger partial charge is 0.489 e. The summed E-state index contributed by atoms with van der Waals surface area (Å²) >= 11 is 5.97. The number of fused-ring (bicyclic) bond motifs is 1. The van der Waals surface area contributed by atoms with Crippen molar-refractivity contribution < 1.29 is 9.53 Å². The summed E-state index contributed by atoms with van der Waals surface area (Å²) in [5.74, 6) is 1.86. The van der Waals surface area contributed by atoms with Gasteiger partial charge in [0.2, 0.25) is 11.9 Å². The zero-order valence-electron chi connectivity index (χ0n) is 23.1. The van der Waals surface area contributed by atoms with Gasteiger partial charge in [-0.15, -0.1) is 0 Å². The maximum atomic E-state index is 13.0. The summed E-state index contributed by atoms with van der Waals surface area (Å²) in [7, 11) is 1.89. The molecule has 0 aliphatic carbocycles. The van der Waals surface area contributed by atoms with Crippen LogP contribution in [0.15, 0.2) is 60.9 Å². The fourth-order valence-corrected chi connectivity index (χ4v) is 5.23. The Morgan fingerprint density at radius 2 is 2.02 bits per heavy atom. The molecule has 1 fully saturated rings. The van der Waals surface area contributed by atoms with Gasteiger partial charge in [0.25, 0.3) is 0 Å². The summed E-state index contributed by atoms with van der Waals surface area (Å²) < 4.78 is 7.86. The summed E-state index contributed by atoms with van der Waals surface area (Å²) in [6, 6.07) is 15.2. The van der Waals surface area contributed by atoms with Crippen molar-refractivity contribution >= 4 is 45.9 Å². The van der Waals surface area contributed by atoms with Crippen molar-refractivity contribution in [3.63, 3.8) is 0 Å². The monoisotopic (exact) mass is 570 g/mol. The third-order valence-corrected chi connectivity index (χ3v) is 7.53. The quantitative estimate of drug-likeness (QED) is 0.227. The Balaban J connectivity index is 1.14. The van der Waals surface area contributed by atoms with E-state index in [9.17, 15) is 4.79 Å². The minimum atomic E-state index is -0.0730. The number of rotatable bonds is 8. The Bertz CT molecular complexity index is 1690. The van der Waals surface area contributed by atoms with Crippen LogP contribution in [0.2, 0.25) is 5.02 Å². The number of benzene rings is 2. The van der Waals surface area contributed by atoms with Gasteiger partial charge in [0.05, 0.1) is 23.4 Å². The lowest BCUT2D eigenvalue weighted by atomic mass is 10.1. The number of hydrogen-bond acceptors (Lipinski definition) is 7. The van der Waals surface area contributed by atoms with Gasteiger partial charge < -0.3 is 20.4 Å². The van der Waals surface area contributed by atoms with Crippen molar-refractivity contribution in [3.8, 4) is 17.0 Å². The average Bonchev–Trinajstić information content (AvgIpc) is 3.66. The van der Waals surface area contributed by atoms with E-state index >= 15 is 0 Å². The van der Waals surface area contributed by atoms with E-state index in [2.05, 4.69) is 30.6 Å². The predicted octanol–water partition coefficient (Wildman–Crippen LogP) is 5.46. The van der Waals surface area contributed by atoms with E-state index in [4.69, 9.17) is 21.3 Å². The van der Waals surface area contributed by atoms with Gasteiger partial charge in [0, 0.05) is 60.3 Å². The Morgan fingerprint density at radius 1 is 1.20 bits per heavy atom. The minimum absolute atomic E-state index is 0.0375. The summed E-state index contributed by atoms with van der Waals surface area (Å²) in [4.78, 5) is 27.7. The van der Waals surface area contributed by atoms with Gasteiger partial charge in [-0.1, -0.05) is 23.7 Å². The lowest BCUT2D eigenvalue weighted by Crippen LogP contribution is -2.33. The first-order valence-electron chi connectivity index (χ1n) is 13.5. The van der Waals surface area contributed by atoms with Gasteiger partial charge in [-0.2, -0.15) is 5.10 Å². The Morgan fingerprint density at radius 3 is 2.80 bits per heavy atom. The first-order chi connectivity index (χ1) is 19.8. The Hall–Kier alpha value is -4.41. The molecular formula is C30H31ClN8O2. The number of halogens is 1. The Kier molecular flexibility index (Phi) is 7.34. The van der Waals surface area contributed by atoms with Crippen LogP contribution >= 0.6 is 11.6 Å². The highest BCUT2D eigenvalue weighted by atomic mass is 35.5. The number of aryl methyl sites for hydroxylation is 3. The second kappa shape index (κ2) is 11.2. The predicted molar refractivity (Wildman–Crippen MR) is 161 cm³/mol. The lowest BCUT2D eigenvalue weighted by Gasteiger charge is -2.17. The van der Waals surface area contributed by atoms with Crippen LogP contribution in [0.4, 0.5) is 17.5 Å². The first kappa shape index (κ1) is 26.8. The van der Waals surface area contributed by atoms with Crippen LogP contribution in [0.5, 0.6) is 5.75 Å². The first-order valence-corrected chi connectivity index (χ1v) is 13.9. The number of aromatic amines is 1. The molecule has 3 aromatic heterocycles. The van der Waals surface area contributed by atoms with E-state index in [1.165, 1.54) is 0 Å². The maximum absolute atomic E-state index is 13.0. The third kappa shape index (κ3) is 5.89. The number of hydrogen-bond donors (Lipinski definition) is 3. The highest BCUT2D eigenvalue weighted by Crippen LogP contribution is 2.33. The summed E-state index contributed by atoms with van der Waals surface area (Å²) in [6.07, 6.45) is 4.62. The number of carbonyl (C=O) groups excluding carboxylic acids is 1. The van der Waals surface area contributed by atoms with Crippen LogP contribution in [-0.2, 0) is 11.8 Å². The van der Waals surface area contributed by atoms with Crippen LogP contribution in [0.1, 0.15) is 17.7 Å². The van der Waals surface area contributed by atoms with Gasteiger partial charge in [0.15, 0.2) is 5.82 Å². The highest BCUT2D eigenvalue weighted by Gasteiger charge is 2.26. The number of amides is 1. The zero-order chi connectivity index (χ0) is 28.5. The smallest absolute Gasteiger partial charge is 0.238 e. The van der Waals surface area contributed by atoms with E-state index in [0.717, 1.165) is 57.8 Å². The van der Waals surface area contributed by atoms with E-state index in [1.807, 2.05) is 75.6 Å². The number of H-pyrrole nitrogens is 1. The standard InChI is InChI=1S/C30H31ClN8O2/c1-18-14-33-30(35-26-13-19(2)38(3)37-26)36-28(18)24-15-32-29-23(24)5-4-6-25(29)34-27(40)17-39-12-11-22(16-39)41-21-9-7-20(31)8-10-21/h4-10,13-15,22,32H,11-12,16-17H2,1-3H3,(H,34,40)(H,33,35,36,37)/t22-/m0/s1. The van der Waals surface area contributed by atoms with Crippen molar-refractivity contribution in [2.24, 2.45) is 7.05 Å². The molecule has 0 unspecified atom stereocenters. The molecule has 3 N–H and O–H groups in total. The highest BCUT2D eigenvalue weighted by molar-refractivity contribution is 6.30. The fraction of sp³-hybridized carbons (Fsp3) is 0.267. The molecule has 10 nitrogen and oxygen atoms in total.